The molecule has 1 saturated carbocycles. The Labute approximate surface area is 142 Å². The molecule has 1 amide bonds. The van der Waals surface area contributed by atoms with Crippen LogP contribution in [0, 0.1) is 20.8 Å². The number of hydrogen-bond donors (Lipinski definition) is 0. The van der Waals surface area contributed by atoms with Crippen LogP contribution < -0.4 is 0 Å². The van der Waals surface area contributed by atoms with E-state index in [1.807, 2.05) is 32.6 Å². The highest BCUT2D eigenvalue weighted by Crippen LogP contribution is 2.36. The van der Waals surface area contributed by atoms with Gasteiger partial charge in [0.2, 0.25) is 0 Å². The molecule has 0 N–H and O–H groups in total. The summed E-state index contributed by atoms with van der Waals surface area (Å²) in [5, 5.41) is 4.43. The van der Waals surface area contributed by atoms with Gasteiger partial charge in [-0.1, -0.05) is 6.42 Å². The van der Waals surface area contributed by atoms with Gasteiger partial charge < -0.3 is 9.32 Å². The monoisotopic (exact) mass is 330 g/mol. The van der Waals surface area contributed by atoms with Crippen LogP contribution in [0.15, 0.2) is 4.42 Å². The maximum Gasteiger partial charge on any atom is 0.275 e. The molecule has 24 heavy (non-hydrogen) atoms. The molecule has 2 aromatic heterocycles. The number of aromatic nitrogens is 3. The first-order valence-corrected chi connectivity index (χ1v) is 8.60. The predicted molar refractivity (Wildman–Crippen MR) is 91.2 cm³/mol. The number of oxazole rings is 1. The van der Waals surface area contributed by atoms with Crippen molar-refractivity contribution in [1.29, 1.82) is 0 Å². The molecule has 0 atom stereocenters. The van der Waals surface area contributed by atoms with Crippen LogP contribution in [0.3, 0.4) is 0 Å². The number of carbonyl (C=O) groups excluding carboxylic acids is 1. The minimum absolute atomic E-state index is 0.0685. The normalized spacial score (nSPS) is 14.7. The Morgan fingerprint density at radius 2 is 2.04 bits per heavy atom. The Hall–Kier alpha value is -2.11. The molecule has 0 unspecified atom stereocenters. The number of hydrogen-bond acceptors (Lipinski definition) is 4. The average Bonchev–Trinajstić information content (AvgIpc) is 2.95. The molecule has 1 aliphatic carbocycles. The molecule has 0 bridgehead atoms. The van der Waals surface area contributed by atoms with Crippen LogP contribution in [0.1, 0.15) is 64.3 Å². The third kappa shape index (κ3) is 2.97. The second-order valence-corrected chi connectivity index (χ2v) is 6.83. The molecule has 0 spiro atoms. The van der Waals surface area contributed by atoms with Gasteiger partial charge in [-0.15, -0.1) is 0 Å². The van der Waals surface area contributed by atoms with E-state index in [9.17, 15) is 4.79 Å². The predicted octanol–water partition coefficient (Wildman–Crippen LogP) is 2.92. The lowest BCUT2D eigenvalue weighted by Crippen LogP contribution is -2.30. The minimum Gasteiger partial charge on any atom is -0.445 e. The van der Waals surface area contributed by atoms with Crippen molar-refractivity contribution >= 4 is 5.91 Å². The zero-order valence-corrected chi connectivity index (χ0v) is 15.2. The molecule has 6 nitrogen and oxygen atoms in total. The van der Waals surface area contributed by atoms with Crippen molar-refractivity contribution in [2.75, 3.05) is 13.6 Å². The summed E-state index contributed by atoms with van der Waals surface area (Å²) in [4.78, 5) is 18.9. The highest BCUT2D eigenvalue weighted by molar-refractivity contribution is 5.93. The van der Waals surface area contributed by atoms with Gasteiger partial charge in [-0.25, -0.2) is 4.98 Å². The Morgan fingerprint density at radius 3 is 2.58 bits per heavy atom. The van der Waals surface area contributed by atoms with E-state index in [-0.39, 0.29) is 5.91 Å². The Morgan fingerprint density at radius 1 is 1.33 bits per heavy atom. The van der Waals surface area contributed by atoms with Gasteiger partial charge in [0.05, 0.1) is 5.69 Å². The van der Waals surface area contributed by atoms with Gasteiger partial charge in [-0.05, 0) is 45.6 Å². The highest BCUT2D eigenvalue weighted by atomic mass is 16.4. The molecule has 130 valence electrons. The lowest BCUT2D eigenvalue weighted by Gasteiger charge is -2.21. The maximum absolute atomic E-state index is 12.7. The van der Waals surface area contributed by atoms with Crippen LogP contribution in [0.2, 0.25) is 0 Å². The number of rotatable bonds is 5. The molecule has 0 aromatic carbocycles. The molecular weight excluding hydrogens is 304 g/mol. The fourth-order valence-electron chi connectivity index (χ4n) is 3.19. The van der Waals surface area contributed by atoms with E-state index in [1.165, 1.54) is 12.0 Å². The van der Waals surface area contributed by atoms with Crippen molar-refractivity contribution in [3.8, 4) is 0 Å². The number of carbonyl (C=O) groups is 1. The Balaban J connectivity index is 1.67. The van der Waals surface area contributed by atoms with Gasteiger partial charge in [0.25, 0.3) is 5.91 Å². The van der Waals surface area contributed by atoms with Crippen molar-refractivity contribution in [2.24, 2.45) is 7.05 Å². The minimum atomic E-state index is -0.0685. The highest BCUT2D eigenvalue weighted by Gasteiger charge is 2.28. The smallest absolute Gasteiger partial charge is 0.275 e. The summed E-state index contributed by atoms with van der Waals surface area (Å²) in [7, 11) is 3.77. The second kappa shape index (κ2) is 6.42. The van der Waals surface area contributed by atoms with E-state index in [4.69, 9.17) is 4.42 Å². The van der Waals surface area contributed by atoms with E-state index in [1.54, 1.807) is 4.90 Å². The Bertz CT molecular complexity index is 755. The van der Waals surface area contributed by atoms with Crippen LogP contribution in [0.4, 0.5) is 0 Å². The van der Waals surface area contributed by atoms with Crippen molar-refractivity contribution < 1.29 is 9.21 Å². The molecule has 0 aliphatic heterocycles. The third-order valence-corrected chi connectivity index (χ3v) is 5.17. The molecule has 1 fully saturated rings. The standard InChI is InChI=1S/C18H26N4O2/c1-11-15(12(2)22(5)20-11)9-10-21(4)18(23)16-13(3)24-17(19-16)14-7-6-8-14/h14H,6-10H2,1-5H3. The molecular formula is C18H26N4O2. The van der Waals surface area contributed by atoms with Gasteiger partial charge in [0.1, 0.15) is 5.76 Å². The van der Waals surface area contributed by atoms with E-state index in [0.29, 0.717) is 23.9 Å². The van der Waals surface area contributed by atoms with Crippen LogP contribution in [-0.2, 0) is 13.5 Å². The summed E-state index contributed by atoms with van der Waals surface area (Å²) >= 11 is 0. The number of aryl methyl sites for hydroxylation is 3. The third-order valence-electron chi connectivity index (χ3n) is 5.17. The first-order chi connectivity index (χ1) is 11.4. The zero-order chi connectivity index (χ0) is 17.4. The van der Waals surface area contributed by atoms with Crippen molar-refractivity contribution in [3.63, 3.8) is 0 Å². The van der Waals surface area contributed by atoms with Crippen LogP contribution in [0.25, 0.3) is 0 Å². The molecule has 2 heterocycles. The van der Waals surface area contributed by atoms with Gasteiger partial charge in [0.15, 0.2) is 11.6 Å². The fraction of sp³-hybridized carbons (Fsp3) is 0.611. The van der Waals surface area contributed by atoms with Gasteiger partial charge in [-0.3, -0.25) is 9.48 Å². The summed E-state index contributed by atoms with van der Waals surface area (Å²) in [6, 6.07) is 0. The zero-order valence-electron chi connectivity index (χ0n) is 15.2. The molecule has 1 aliphatic rings. The second-order valence-electron chi connectivity index (χ2n) is 6.83. The number of likely N-dealkylation sites (N-methyl/N-ethyl adjacent to an activating group) is 1. The summed E-state index contributed by atoms with van der Waals surface area (Å²) in [5.74, 6) is 1.69. The SMILES string of the molecule is Cc1nn(C)c(C)c1CCN(C)C(=O)c1nc(C2CCC2)oc1C. The Kier molecular flexibility index (Phi) is 4.47. The summed E-state index contributed by atoms with van der Waals surface area (Å²) in [6.45, 7) is 6.53. The lowest BCUT2D eigenvalue weighted by atomic mass is 9.85. The lowest BCUT2D eigenvalue weighted by molar-refractivity contribution is 0.0789. The van der Waals surface area contributed by atoms with E-state index < -0.39 is 0 Å². The fourth-order valence-corrected chi connectivity index (χ4v) is 3.19. The topological polar surface area (TPSA) is 64.2 Å². The van der Waals surface area contributed by atoms with Crippen molar-refractivity contribution in [3.05, 3.63) is 34.3 Å². The first kappa shape index (κ1) is 16.7. The summed E-state index contributed by atoms with van der Waals surface area (Å²) < 4.78 is 7.61. The largest absolute Gasteiger partial charge is 0.445 e. The van der Waals surface area contributed by atoms with Gasteiger partial charge >= 0.3 is 0 Å². The average molecular weight is 330 g/mol. The number of nitrogens with zero attached hydrogens (tertiary/aromatic N) is 4. The molecule has 6 heteroatoms. The van der Waals surface area contributed by atoms with Crippen LogP contribution in [0.5, 0.6) is 0 Å². The van der Waals surface area contributed by atoms with Crippen LogP contribution >= 0.6 is 0 Å². The van der Waals surface area contributed by atoms with Gasteiger partial charge in [0, 0.05) is 32.3 Å². The molecule has 0 saturated heterocycles. The van der Waals surface area contributed by atoms with Crippen molar-refractivity contribution in [2.45, 2.75) is 52.4 Å². The first-order valence-electron chi connectivity index (χ1n) is 8.60. The quantitative estimate of drug-likeness (QED) is 0.845. The van der Waals surface area contributed by atoms with Crippen molar-refractivity contribution in [1.82, 2.24) is 19.7 Å². The summed E-state index contributed by atoms with van der Waals surface area (Å²) in [6.07, 6.45) is 4.24. The molecule has 3 rings (SSSR count). The molecule has 0 radical (unpaired) electrons. The maximum atomic E-state index is 12.7. The van der Waals surface area contributed by atoms with Crippen LogP contribution in [-0.4, -0.2) is 39.2 Å². The molecule has 2 aromatic rings. The van der Waals surface area contributed by atoms with E-state index in [2.05, 4.69) is 17.0 Å². The summed E-state index contributed by atoms with van der Waals surface area (Å²) in [5.41, 5.74) is 3.85. The van der Waals surface area contributed by atoms with Gasteiger partial charge in [-0.2, -0.15) is 5.10 Å². The van der Waals surface area contributed by atoms with E-state index in [0.717, 1.165) is 36.5 Å². The number of amides is 1. The van der Waals surface area contributed by atoms with E-state index >= 15 is 0 Å².